The Morgan fingerprint density at radius 3 is 2.81 bits per heavy atom. The number of aromatic nitrogens is 2. The molecule has 0 spiro atoms. The van der Waals surface area contributed by atoms with E-state index in [1.807, 2.05) is 24.3 Å². The summed E-state index contributed by atoms with van der Waals surface area (Å²) >= 11 is 9.64. The van der Waals surface area contributed by atoms with E-state index >= 15 is 0 Å². The normalized spacial score (nSPS) is 10.8. The van der Waals surface area contributed by atoms with Crippen molar-refractivity contribution in [1.29, 1.82) is 0 Å². The van der Waals surface area contributed by atoms with Crippen molar-refractivity contribution in [1.82, 2.24) is 10.1 Å². The smallest absolute Gasteiger partial charge is 0.259 e. The summed E-state index contributed by atoms with van der Waals surface area (Å²) in [7, 11) is 0. The monoisotopic (exact) mass is 363 g/mol. The standard InChI is InChI=1S/C15H11BrClN3O/c16-12-4-2-1-3-9(12)7-14-19-15(21-20-14)11-8-10(18)5-6-13(11)17/h1-6,8H,7,18H2. The fourth-order valence-corrected chi connectivity index (χ4v) is 2.58. The maximum atomic E-state index is 6.13. The first-order valence-corrected chi connectivity index (χ1v) is 7.42. The summed E-state index contributed by atoms with van der Waals surface area (Å²) in [4.78, 5) is 4.38. The number of anilines is 1. The zero-order valence-electron chi connectivity index (χ0n) is 10.9. The van der Waals surface area contributed by atoms with Crippen LogP contribution in [0.15, 0.2) is 51.5 Å². The Kier molecular flexibility index (Phi) is 3.94. The van der Waals surface area contributed by atoms with Crippen molar-refractivity contribution in [2.24, 2.45) is 0 Å². The minimum absolute atomic E-state index is 0.370. The fraction of sp³-hybridized carbons (Fsp3) is 0.0667. The van der Waals surface area contributed by atoms with Gasteiger partial charge in [0.05, 0.1) is 10.6 Å². The Balaban J connectivity index is 1.90. The number of nitrogens with two attached hydrogens (primary N) is 1. The quantitative estimate of drug-likeness (QED) is 0.703. The Morgan fingerprint density at radius 1 is 1.19 bits per heavy atom. The van der Waals surface area contributed by atoms with Crippen molar-refractivity contribution in [3.05, 3.63) is 63.3 Å². The largest absolute Gasteiger partial charge is 0.399 e. The van der Waals surface area contributed by atoms with Crippen LogP contribution < -0.4 is 5.73 Å². The third-order valence-electron chi connectivity index (χ3n) is 3.00. The molecule has 0 atom stereocenters. The highest BCUT2D eigenvalue weighted by Gasteiger charge is 2.13. The van der Waals surface area contributed by atoms with E-state index < -0.39 is 0 Å². The summed E-state index contributed by atoms with van der Waals surface area (Å²) < 4.78 is 6.29. The van der Waals surface area contributed by atoms with Gasteiger partial charge in [-0.3, -0.25) is 0 Å². The third kappa shape index (κ3) is 3.09. The van der Waals surface area contributed by atoms with Crippen LogP contribution in [0.3, 0.4) is 0 Å². The van der Waals surface area contributed by atoms with Crippen molar-refractivity contribution in [2.45, 2.75) is 6.42 Å². The first-order chi connectivity index (χ1) is 10.1. The van der Waals surface area contributed by atoms with Crippen LogP contribution in [0.4, 0.5) is 5.69 Å². The highest BCUT2D eigenvalue weighted by Crippen LogP contribution is 2.29. The van der Waals surface area contributed by atoms with Crippen molar-refractivity contribution >= 4 is 33.2 Å². The lowest BCUT2D eigenvalue weighted by atomic mass is 10.1. The van der Waals surface area contributed by atoms with E-state index in [-0.39, 0.29) is 0 Å². The minimum atomic E-state index is 0.370. The molecule has 2 N–H and O–H groups in total. The maximum Gasteiger partial charge on any atom is 0.259 e. The molecule has 1 heterocycles. The van der Waals surface area contributed by atoms with Gasteiger partial charge in [0.1, 0.15) is 0 Å². The van der Waals surface area contributed by atoms with Crippen LogP contribution in [0.25, 0.3) is 11.5 Å². The van der Waals surface area contributed by atoms with Gasteiger partial charge in [-0.15, -0.1) is 0 Å². The van der Waals surface area contributed by atoms with E-state index in [2.05, 4.69) is 26.1 Å². The molecule has 0 bridgehead atoms. The summed E-state index contributed by atoms with van der Waals surface area (Å²) in [5.41, 5.74) is 8.09. The predicted octanol–water partition coefficient (Wildman–Crippen LogP) is 4.33. The summed E-state index contributed by atoms with van der Waals surface area (Å²) in [6.45, 7) is 0. The molecule has 21 heavy (non-hydrogen) atoms. The summed E-state index contributed by atoms with van der Waals surface area (Å²) in [5, 5.41) is 4.52. The van der Waals surface area contributed by atoms with E-state index in [9.17, 15) is 0 Å². The Hall–Kier alpha value is -1.85. The molecule has 0 fully saturated rings. The van der Waals surface area contributed by atoms with E-state index in [0.29, 0.717) is 34.4 Å². The molecule has 2 aromatic carbocycles. The number of nitrogens with zero attached hydrogens (tertiary/aromatic N) is 2. The van der Waals surface area contributed by atoms with Crippen molar-refractivity contribution in [2.75, 3.05) is 5.73 Å². The number of hydrogen-bond donors (Lipinski definition) is 1. The highest BCUT2D eigenvalue weighted by atomic mass is 79.9. The van der Waals surface area contributed by atoms with E-state index in [1.54, 1.807) is 18.2 Å². The summed E-state index contributed by atoms with van der Waals surface area (Å²) in [5.74, 6) is 0.963. The van der Waals surface area contributed by atoms with Gasteiger partial charge < -0.3 is 10.3 Å². The zero-order chi connectivity index (χ0) is 14.8. The van der Waals surface area contributed by atoms with Crippen LogP contribution in [-0.4, -0.2) is 10.1 Å². The van der Waals surface area contributed by atoms with Gasteiger partial charge in [-0.25, -0.2) is 0 Å². The minimum Gasteiger partial charge on any atom is -0.399 e. The molecule has 0 unspecified atom stereocenters. The van der Waals surface area contributed by atoms with Gasteiger partial charge in [-0.2, -0.15) is 4.98 Å². The van der Waals surface area contributed by atoms with Gasteiger partial charge in [0.15, 0.2) is 5.82 Å². The lowest BCUT2D eigenvalue weighted by Crippen LogP contribution is -1.92. The van der Waals surface area contributed by atoms with Gasteiger partial charge in [0, 0.05) is 16.6 Å². The first-order valence-electron chi connectivity index (χ1n) is 6.25. The lowest BCUT2D eigenvalue weighted by Gasteiger charge is -2.00. The van der Waals surface area contributed by atoms with Gasteiger partial charge in [-0.1, -0.05) is 50.9 Å². The fourth-order valence-electron chi connectivity index (χ4n) is 1.95. The molecule has 0 aliphatic rings. The van der Waals surface area contributed by atoms with Crippen LogP contribution >= 0.6 is 27.5 Å². The van der Waals surface area contributed by atoms with Crippen LogP contribution in [0, 0.1) is 0 Å². The third-order valence-corrected chi connectivity index (χ3v) is 4.10. The second kappa shape index (κ2) is 5.87. The second-order valence-corrected chi connectivity index (χ2v) is 5.78. The molecule has 0 aliphatic heterocycles. The number of rotatable bonds is 3. The molecule has 0 amide bonds. The van der Waals surface area contributed by atoms with E-state index in [0.717, 1.165) is 10.0 Å². The molecule has 0 saturated carbocycles. The molecule has 4 nitrogen and oxygen atoms in total. The molecule has 3 aromatic rings. The second-order valence-electron chi connectivity index (χ2n) is 4.52. The Bertz CT molecular complexity index is 788. The van der Waals surface area contributed by atoms with E-state index in [1.165, 1.54) is 0 Å². The van der Waals surface area contributed by atoms with Crippen LogP contribution in [0.1, 0.15) is 11.4 Å². The van der Waals surface area contributed by atoms with Crippen LogP contribution in [0.2, 0.25) is 5.02 Å². The molecule has 6 heteroatoms. The van der Waals surface area contributed by atoms with E-state index in [4.69, 9.17) is 21.9 Å². The van der Waals surface area contributed by atoms with Gasteiger partial charge in [-0.05, 0) is 29.8 Å². The number of halogens is 2. The van der Waals surface area contributed by atoms with Crippen molar-refractivity contribution in [3.8, 4) is 11.5 Å². The van der Waals surface area contributed by atoms with Crippen LogP contribution in [-0.2, 0) is 6.42 Å². The van der Waals surface area contributed by atoms with Gasteiger partial charge >= 0.3 is 0 Å². The SMILES string of the molecule is Nc1ccc(Cl)c(-c2nc(Cc3ccccc3Br)no2)c1. The molecule has 0 radical (unpaired) electrons. The molecule has 3 rings (SSSR count). The summed E-state index contributed by atoms with van der Waals surface area (Å²) in [6, 6.07) is 13.1. The molecular weight excluding hydrogens is 354 g/mol. The Morgan fingerprint density at radius 2 is 2.00 bits per heavy atom. The zero-order valence-corrected chi connectivity index (χ0v) is 13.2. The predicted molar refractivity (Wildman–Crippen MR) is 86.1 cm³/mol. The number of nitrogen functional groups attached to an aromatic ring is 1. The topological polar surface area (TPSA) is 64.9 Å². The molecule has 0 aliphatic carbocycles. The molecule has 106 valence electrons. The first kappa shape index (κ1) is 14.1. The average molecular weight is 365 g/mol. The van der Waals surface area contributed by atoms with Gasteiger partial charge in [0.25, 0.3) is 5.89 Å². The Labute approximate surface area is 135 Å². The maximum absolute atomic E-state index is 6.13. The van der Waals surface area contributed by atoms with Crippen LogP contribution in [0.5, 0.6) is 0 Å². The van der Waals surface area contributed by atoms with Crippen molar-refractivity contribution < 1.29 is 4.52 Å². The molecule has 0 saturated heterocycles. The highest BCUT2D eigenvalue weighted by molar-refractivity contribution is 9.10. The average Bonchev–Trinajstić information content (AvgIpc) is 2.92. The van der Waals surface area contributed by atoms with Gasteiger partial charge in [0.2, 0.25) is 0 Å². The lowest BCUT2D eigenvalue weighted by molar-refractivity contribution is 0.424. The van der Waals surface area contributed by atoms with Crippen molar-refractivity contribution in [3.63, 3.8) is 0 Å². The molecule has 1 aromatic heterocycles. The molecular formula is C15H11BrClN3O. The number of hydrogen-bond acceptors (Lipinski definition) is 4. The number of benzene rings is 2. The summed E-state index contributed by atoms with van der Waals surface area (Å²) in [6.07, 6.45) is 0.574.